The van der Waals surface area contributed by atoms with Gasteiger partial charge in [0, 0.05) is 6.54 Å². The van der Waals surface area contributed by atoms with E-state index in [1.54, 1.807) is 0 Å². The van der Waals surface area contributed by atoms with Crippen molar-refractivity contribution in [3.05, 3.63) is 65.5 Å². The number of rotatable bonds is 7. The number of nitrogens with one attached hydrogen (secondary N) is 2. The van der Waals surface area contributed by atoms with E-state index in [4.69, 9.17) is 5.11 Å². The zero-order valence-corrected chi connectivity index (χ0v) is 14.6. The number of aromatic carboxylic acids is 1. The monoisotopic (exact) mass is 380 g/mol. The van der Waals surface area contributed by atoms with Gasteiger partial charge in [-0.15, -0.1) is 0 Å². The molecule has 9 heteroatoms. The van der Waals surface area contributed by atoms with E-state index in [9.17, 15) is 22.4 Å². The van der Waals surface area contributed by atoms with Crippen LogP contribution in [0.25, 0.3) is 0 Å². The zero-order valence-electron chi connectivity index (χ0n) is 13.8. The van der Waals surface area contributed by atoms with Crippen LogP contribution in [0, 0.1) is 5.82 Å². The molecule has 7 nitrogen and oxygen atoms in total. The van der Waals surface area contributed by atoms with Crippen molar-refractivity contribution in [2.45, 2.75) is 24.4 Å². The molecule has 0 aliphatic rings. The molecule has 1 unspecified atom stereocenters. The van der Waals surface area contributed by atoms with Crippen molar-refractivity contribution in [3.8, 4) is 0 Å². The Morgan fingerprint density at radius 2 is 1.73 bits per heavy atom. The molecule has 0 fully saturated rings. The maximum Gasteiger partial charge on any atom is 0.335 e. The molecule has 0 radical (unpaired) electrons. The highest BCUT2D eigenvalue weighted by atomic mass is 32.2. The summed E-state index contributed by atoms with van der Waals surface area (Å²) in [5.74, 6) is -2.57. The van der Waals surface area contributed by atoms with Crippen LogP contribution in [-0.2, 0) is 21.4 Å². The largest absolute Gasteiger partial charge is 0.478 e. The Balaban J connectivity index is 1.97. The number of amides is 1. The second-order valence-electron chi connectivity index (χ2n) is 5.49. The van der Waals surface area contributed by atoms with Crippen LogP contribution >= 0.6 is 0 Å². The zero-order chi connectivity index (χ0) is 19.3. The lowest BCUT2D eigenvalue weighted by Gasteiger charge is -2.15. The third-order valence-electron chi connectivity index (χ3n) is 3.52. The van der Waals surface area contributed by atoms with Crippen molar-refractivity contribution in [3.63, 3.8) is 0 Å². The van der Waals surface area contributed by atoms with Gasteiger partial charge in [0.1, 0.15) is 10.7 Å². The lowest BCUT2D eigenvalue weighted by atomic mass is 10.1. The van der Waals surface area contributed by atoms with Crippen LogP contribution in [0.1, 0.15) is 22.8 Å². The number of halogens is 1. The van der Waals surface area contributed by atoms with Gasteiger partial charge >= 0.3 is 5.97 Å². The molecule has 0 saturated heterocycles. The van der Waals surface area contributed by atoms with Crippen LogP contribution in [0.15, 0.2) is 53.4 Å². The molecule has 2 aromatic carbocycles. The number of carbonyl (C=O) groups excluding carboxylic acids is 1. The van der Waals surface area contributed by atoms with Crippen LogP contribution in [0.2, 0.25) is 0 Å². The first-order valence-corrected chi connectivity index (χ1v) is 9.06. The second kappa shape index (κ2) is 8.07. The van der Waals surface area contributed by atoms with Gasteiger partial charge in [-0.05, 0) is 36.8 Å². The topological polar surface area (TPSA) is 113 Å². The molecule has 138 valence electrons. The number of benzene rings is 2. The van der Waals surface area contributed by atoms with Gasteiger partial charge in [-0.3, -0.25) is 4.79 Å². The normalized spacial score (nSPS) is 12.4. The lowest BCUT2D eigenvalue weighted by Crippen LogP contribution is -2.44. The third-order valence-corrected chi connectivity index (χ3v) is 5.09. The van der Waals surface area contributed by atoms with Crippen LogP contribution in [0.3, 0.4) is 0 Å². The van der Waals surface area contributed by atoms with Crippen molar-refractivity contribution in [2.24, 2.45) is 0 Å². The van der Waals surface area contributed by atoms with Crippen molar-refractivity contribution in [1.82, 2.24) is 10.0 Å². The van der Waals surface area contributed by atoms with Crippen LogP contribution in [0.5, 0.6) is 0 Å². The summed E-state index contributed by atoms with van der Waals surface area (Å²) in [5.41, 5.74) is 0.763. The van der Waals surface area contributed by atoms with Crippen molar-refractivity contribution >= 4 is 21.9 Å². The van der Waals surface area contributed by atoms with E-state index in [1.807, 2.05) is 0 Å². The summed E-state index contributed by atoms with van der Waals surface area (Å²) in [6, 6.07) is 9.60. The Hall–Kier alpha value is -2.78. The number of carbonyl (C=O) groups is 2. The van der Waals surface area contributed by atoms with Gasteiger partial charge in [-0.25, -0.2) is 17.6 Å². The number of hydrogen-bond acceptors (Lipinski definition) is 4. The summed E-state index contributed by atoms with van der Waals surface area (Å²) in [6.45, 7) is 1.42. The SMILES string of the molecule is CC(NS(=O)(=O)c1ccccc1F)C(=O)NCc1ccc(C(=O)O)cc1. The molecule has 1 atom stereocenters. The smallest absolute Gasteiger partial charge is 0.335 e. The predicted octanol–water partition coefficient (Wildman–Crippen LogP) is 1.51. The van der Waals surface area contributed by atoms with Crippen molar-refractivity contribution < 1.29 is 27.5 Å². The molecule has 0 aliphatic heterocycles. The minimum atomic E-state index is -4.18. The van der Waals surface area contributed by atoms with Crippen LogP contribution < -0.4 is 10.0 Å². The van der Waals surface area contributed by atoms with Gasteiger partial charge in [-0.2, -0.15) is 4.72 Å². The van der Waals surface area contributed by atoms with E-state index < -0.39 is 38.7 Å². The fraction of sp³-hybridized carbons (Fsp3) is 0.176. The van der Waals surface area contributed by atoms with Gasteiger partial charge in [0.15, 0.2) is 0 Å². The third kappa shape index (κ3) is 4.87. The minimum absolute atomic E-state index is 0.0878. The Kier molecular flexibility index (Phi) is 6.06. The van der Waals surface area contributed by atoms with Gasteiger partial charge < -0.3 is 10.4 Å². The van der Waals surface area contributed by atoms with Gasteiger partial charge in [0.05, 0.1) is 11.6 Å². The molecule has 0 bridgehead atoms. The second-order valence-corrected chi connectivity index (χ2v) is 7.18. The quantitative estimate of drug-likeness (QED) is 0.674. The molecule has 0 heterocycles. The molecule has 0 aliphatic carbocycles. The fourth-order valence-corrected chi connectivity index (χ4v) is 3.40. The van der Waals surface area contributed by atoms with E-state index in [2.05, 4.69) is 10.0 Å². The lowest BCUT2D eigenvalue weighted by molar-refractivity contribution is -0.122. The molecular weight excluding hydrogens is 363 g/mol. The Bertz CT molecular complexity index is 913. The number of hydrogen-bond donors (Lipinski definition) is 3. The molecule has 1 amide bonds. The van der Waals surface area contributed by atoms with E-state index in [-0.39, 0.29) is 12.1 Å². The summed E-state index contributed by atoms with van der Waals surface area (Å²) in [5, 5.41) is 11.4. The number of carboxylic acid groups (broad SMARTS) is 1. The maximum absolute atomic E-state index is 13.6. The molecule has 2 aromatic rings. The Morgan fingerprint density at radius 1 is 1.12 bits per heavy atom. The Labute approximate surface area is 149 Å². The maximum atomic E-state index is 13.6. The standard InChI is InChI=1S/C17H17FN2O5S/c1-11(20-26(24,25)15-5-3-2-4-14(15)18)16(21)19-10-12-6-8-13(9-7-12)17(22)23/h2-9,11,20H,10H2,1H3,(H,19,21)(H,22,23). The summed E-state index contributed by atoms with van der Waals surface area (Å²) in [7, 11) is -4.18. The highest BCUT2D eigenvalue weighted by Gasteiger charge is 2.24. The van der Waals surface area contributed by atoms with E-state index in [1.165, 1.54) is 43.3 Å². The van der Waals surface area contributed by atoms with E-state index >= 15 is 0 Å². The average molecular weight is 380 g/mol. The highest BCUT2D eigenvalue weighted by Crippen LogP contribution is 2.13. The van der Waals surface area contributed by atoms with Crippen LogP contribution in [-0.4, -0.2) is 31.4 Å². The van der Waals surface area contributed by atoms with Crippen LogP contribution in [0.4, 0.5) is 4.39 Å². The number of carboxylic acids is 1. The van der Waals surface area contributed by atoms with Gasteiger partial charge in [0.25, 0.3) is 0 Å². The molecule has 0 spiro atoms. The summed E-state index contributed by atoms with van der Waals surface area (Å²) < 4.78 is 40.1. The molecule has 3 N–H and O–H groups in total. The average Bonchev–Trinajstić information content (AvgIpc) is 2.59. The van der Waals surface area contributed by atoms with Crippen molar-refractivity contribution in [1.29, 1.82) is 0 Å². The van der Waals surface area contributed by atoms with Crippen molar-refractivity contribution in [2.75, 3.05) is 0 Å². The Morgan fingerprint density at radius 3 is 2.31 bits per heavy atom. The fourth-order valence-electron chi connectivity index (χ4n) is 2.12. The minimum Gasteiger partial charge on any atom is -0.478 e. The van der Waals surface area contributed by atoms with E-state index in [0.717, 1.165) is 12.1 Å². The summed E-state index contributed by atoms with van der Waals surface area (Å²) in [4.78, 5) is 22.3. The first kappa shape index (κ1) is 19.5. The molecular formula is C17H17FN2O5S. The number of sulfonamides is 1. The molecule has 0 aromatic heterocycles. The summed E-state index contributed by atoms with van der Waals surface area (Å²) in [6.07, 6.45) is 0. The molecule has 26 heavy (non-hydrogen) atoms. The highest BCUT2D eigenvalue weighted by molar-refractivity contribution is 7.89. The van der Waals surface area contributed by atoms with E-state index in [0.29, 0.717) is 5.56 Å². The predicted molar refractivity (Wildman–Crippen MR) is 91.4 cm³/mol. The molecule has 0 saturated carbocycles. The first-order chi connectivity index (χ1) is 12.2. The summed E-state index contributed by atoms with van der Waals surface area (Å²) >= 11 is 0. The van der Waals surface area contributed by atoms with Gasteiger partial charge in [-0.1, -0.05) is 24.3 Å². The molecule has 2 rings (SSSR count). The first-order valence-electron chi connectivity index (χ1n) is 7.57. The van der Waals surface area contributed by atoms with Gasteiger partial charge in [0.2, 0.25) is 15.9 Å².